The summed E-state index contributed by atoms with van der Waals surface area (Å²) in [4.78, 5) is 19.7. The number of aromatic nitrogens is 1. The monoisotopic (exact) mass is 482 g/mol. The molecule has 0 unspecified atom stereocenters. The van der Waals surface area contributed by atoms with Crippen LogP contribution < -0.4 is 10.0 Å². The van der Waals surface area contributed by atoms with Gasteiger partial charge in [-0.2, -0.15) is 0 Å². The molecule has 0 bridgehead atoms. The first-order chi connectivity index (χ1) is 16.3. The van der Waals surface area contributed by atoms with Crippen LogP contribution >= 0.6 is 0 Å². The second kappa shape index (κ2) is 10.5. The Balaban J connectivity index is 1.49. The van der Waals surface area contributed by atoms with Gasteiger partial charge in [0.2, 0.25) is 10.0 Å². The number of anilines is 1. The lowest BCUT2D eigenvalue weighted by Gasteiger charge is -2.27. The van der Waals surface area contributed by atoms with Crippen LogP contribution in [0.15, 0.2) is 54.6 Å². The third-order valence-corrected chi connectivity index (χ3v) is 7.06. The number of pyridine rings is 1. The predicted octanol–water partition coefficient (Wildman–Crippen LogP) is 3.15. The highest BCUT2D eigenvalue weighted by molar-refractivity contribution is 7.88. The Hall–Kier alpha value is -3.01. The summed E-state index contributed by atoms with van der Waals surface area (Å²) in [6.45, 7) is 6.34. The van der Waals surface area contributed by atoms with Gasteiger partial charge in [-0.05, 0) is 37.1 Å². The van der Waals surface area contributed by atoms with Gasteiger partial charge in [-0.1, -0.05) is 42.5 Å². The Morgan fingerprint density at radius 1 is 1.06 bits per heavy atom. The predicted molar refractivity (Wildman–Crippen MR) is 133 cm³/mol. The molecule has 3 aromatic rings. The molecule has 1 saturated heterocycles. The second-order valence-corrected chi connectivity index (χ2v) is 10.4. The molecular formula is C25H30N4O4S. The maximum absolute atomic E-state index is 13.2. The Bertz CT molecular complexity index is 1250. The maximum atomic E-state index is 13.2. The highest BCUT2D eigenvalue weighted by Gasteiger charge is 2.21. The summed E-state index contributed by atoms with van der Waals surface area (Å²) in [6, 6.07) is 16.7. The Morgan fingerprint density at radius 3 is 2.44 bits per heavy atom. The van der Waals surface area contributed by atoms with Gasteiger partial charge in [-0.25, -0.2) is 18.1 Å². The minimum Gasteiger partial charge on any atom is -0.378 e. The lowest BCUT2D eigenvalue weighted by Crippen LogP contribution is -2.40. The minimum atomic E-state index is -3.36. The van der Waals surface area contributed by atoms with Gasteiger partial charge in [0.1, 0.15) is 5.82 Å². The van der Waals surface area contributed by atoms with Crippen molar-refractivity contribution in [1.82, 2.24) is 14.6 Å². The third kappa shape index (κ3) is 6.11. The van der Waals surface area contributed by atoms with Gasteiger partial charge in [-0.3, -0.25) is 4.79 Å². The molecule has 2 aromatic carbocycles. The smallest absolute Gasteiger partial charge is 0.254 e. The first-order valence-corrected chi connectivity index (χ1v) is 13.0. The van der Waals surface area contributed by atoms with Crippen molar-refractivity contribution in [2.45, 2.75) is 32.2 Å². The molecule has 0 aliphatic carbocycles. The van der Waals surface area contributed by atoms with E-state index in [-0.39, 0.29) is 17.7 Å². The normalized spacial score (nSPS) is 14.5. The molecule has 2 heterocycles. The summed E-state index contributed by atoms with van der Waals surface area (Å²) < 4.78 is 32.3. The quantitative estimate of drug-likeness (QED) is 0.512. The van der Waals surface area contributed by atoms with Crippen LogP contribution in [0, 0.1) is 0 Å². The zero-order valence-corrected chi connectivity index (χ0v) is 20.3. The second-order valence-electron chi connectivity index (χ2n) is 8.68. The molecule has 4 rings (SSSR count). The minimum absolute atomic E-state index is 0.0227. The number of para-hydroxylation sites is 1. The molecule has 0 atom stereocenters. The molecule has 1 fully saturated rings. The van der Waals surface area contributed by atoms with E-state index in [0.717, 1.165) is 22.0 Å². The van der Waals surface area contributed by atoms with Crippen LogP contribution in [0.2, 0.25) is 0 Å². The fourth-order valence-electron chi connectivity index (χ4n) is 3.95. The lowest BCUT2D eigenvalue weighted by atomic mass is 10.1. The Morgan fingerprint density at radius 2 is 1.74 bits per heavy atom. The van der Waals surface area contributed by atoms with Gasteiger partial charge in [0.15, 0.2) is 0 Å². The van der Waals surface area contributed by atoms with Crippen molar-refractivity contribution >= 4 is 32.7 Å². The number of nitrogens with zero attached hydrogens (tertiary/aromatic N) is 2. The molecule has 0 radical (unpaired) electrons. The van der Waals surface area contributed by atoms with Crippen LogP contribution in [0.5, 0.6) is 0 Å². The molecule has 9 heteroatoms. The van der Waals surface area contributed by atoms with Gasteiger partial charge in [0.25, 0.3) is 5.91 Å². The number of hydrogen-bond acceptors (Lipinski definition) is 6. The Kier molecular flexibility index (Phi) is 7.45. The van der Waals surface area contributed by atoms with Crippen molar-refractivity contribution in [2.24, 2.45) is 0 Å². The summed E-state index contributed by atoms with van der Waals surface area (Å²) in [5.41, 5.74) is 3.07. The van der Waals surface area contributed by atoms with Crippen LogP contribution in [0.3, 0.4) is 0 Å². The van der Waals surface area contributed by atoms with E-state index in [1.807, 2.05) is 53.4 Å². The van der Waals surface area contributed by atoms with E-state index in [0.29, 0.717) is 44.2 Å². The van der Waals surface area contributed by atoms with Crippen molar-refractivity contribution in [3.8, 4) is 0 Å². The van der Waals surface area contributed by atoms with Gasteiger partial charge in [0, 0.05) is 31.1 Å². The van der Waals surface area contributed by atoms with Crippen LogP contribution in [0.1, 0.15) is 35.3 Å². The first kappa shape index (κ1) is 24.1. The number of fused-ring (bicyclic) bond motifs is 1. The number of carbonyl (C=O) groups excluding carboxylic acids is 1. The number of rotatable bonds is 8. The van der Waals surface area contributed by atoms with Gasteiger partial charge < -0.3 is 15.0 Å². The maximum Gasteiger partial charge on any atom is 0.254 e. The summed E-state index contributed by atoms with van der Waals surface area (Å²) >= 11 is 0. The molecule has 2 N–H and O–H groups in total. The fraction of sp³-hybridized carbons (Fsp3) is 0.360. The van der Waals surface area contributed by atoms with E-state index in [1.54, 1.807) is 19.9 Å². The zero-order valence-electron chi connectivity index (χ0n) is 19.5. The van der Waals surface area contributed by atoms with Crippen molar-refractivity contribution < 1.29 is 17.9 Å². The number of amides is 1. The molecule has 34 heavy (non-hydrogen) atoms. The van der Waals surface area contributed by atoms with Crippen molar-refractivity contribution in [2.75, 3.05) is 31.6 Å². The van der Waals surface area contributed by atoms with E-state index >= 15 is 0 Å². The van der Waals surface area contributed by atoms with Crippen LogP contribution in [-0.4, -0.2) is 56.6 Å². The lowest BCUT2D eigenvalue weighted by molar-refractivity contribution is 0.0304. The zero-order chi connectivity index (χ0) is 24.1. The van der Waals surface area contributed by atoms with Crippen LogP contribution in [0.4, 0.5) is 5.82 Å². The molecule has 1 aliphatic heterocycles. The number of ether oxygens (including phenoxy) is 1. The van der Waals surface area contributed by atoms with Crippen molar-refractivity contribution in [3.05, 3.63) is 71.3 Å². The largest absolute Gasteiger partial charge is 0.378 e. The van der Waals surface area contributed by atoms with E-state index in [1.165, 1.54) is 0 Å². The third-order valence-electron chi connectivity index (χ3n) is 5.51. The first-order valence-electron chi connectivity index (χ1n) is 11.4. The molecule has 8 nitrogen and oxygen atoms in total. The van der Waals surface area contributed by atoms with Gasteiger partial charge in [-0.15, -0.1) is 0 Å². The number of hydrogen-bond donors (Lipinski definition) is 2. The van der Waals surface area contributed by atoms with E-state index < -0.39 is 10.0 Å². The molecule has 1 aliphatic rings. The average Bonchev–Trinajstić information content (AvgIpc) is 2.82. The number of carbonyl (C=O) groups is 1. The van der Waals surface area contributed by atoms with Crippen LogP contribution in [-0.2, 0) is 27.1 Å². The van der Waals surface area contributed by atoms with Crippen molar-refractivity contribution in [3.63, 3.8) is 0 Å². The molecule has 0 spiro atoms. The molecule has 1 amide bonds. The average molecular weight is 483 g/mol. The molecule has 180 valence electrons. The van der Waals surface area contributed by atoms with Gasteiger partial charge in [0.05, 0.1) is 30.0 Å². The van der Waals surface area contributed by atoms with E-state index in [4.69, 9.17) is 4.74 Å². The Labute approximate surface area is 200 Å². The molecular weight excluding hydrogens is 452 g/mol. The number of sulfonamides is 1. The number of morpholine rings is 1. The van der Waals surface area contributed by atoms with Crippen molar-refractivity contribution in [1.29, 1.82) is 0 Å². The van der Waals surface area contributed by atoms with E-state index in [2.05, 4.69) is 15.0 Å². The highest BCUT2D eigenvalue weighted by Crippen LogP contribution is 2.23. The molecule has 0 saturated carbocycles. The number of nitrogens with one attached hydrogen (secondary N) is 2. The SMILES string of the molecule is CC(C)NS(=O)(=O)Cc1ccc(CNc2cc(C(=O)N3CCOCC3)c3ccccc3n2)cc1. The topological polar surface area (TPSA) is 101 Å². The standard InChI is InChI=1S/C25H30N4O4S/c1-18(2)28-34(31,32)17-20-9-7-19(8-10-20)16-26-24-15-22(21-5-3-4-6-23(21)27-24)25(30)29-11-13-33-14-12-29/h3-10,15,18,28H,11-14,16-17H2,1-2H3,(H,26,27). The summed E-state index contributed by atoms with van der Waals surface area (Å²) in [7, 11) is -3.36. The highest BCUT2D eigenvalue weighted by atomic mass is 32.2. The summed E-state index contributed by atoms with van der Waals surface area (Å²) in [6.07, 6.45) is 0. The van der Waals surface area contributed by atoms with Gasteiger partial charge >= 0.3 is 0 Å². The summed E-state index contributed by atoms with van der Waals surface area (Å²) in [5, 5.41) is 4.13. The van der Waals surface area contributed by atoms with Crippen LogP contribution in [0.25, 0.3) is 10.9 Å². The number of benzene rings is 2. The van der Waals surface area contributed by atoms with E-state index in [9.17, 15) is 13.2 Å². The summed E-state index contributed by atoms with van der Waals surface area (Å²) in [5.74, 6) is 0.534. The molecule has 1 aromatic heterocycles. The fourth-order valence-corrected chi connectivity index (χ4v) is 5.38.